The number of rotatable bonds is 3. The Labute approximate surface area is 172 Å². The quantitative estimate of drug-likeness (QED) is 0.623. The van der Waals surface area contributed by atoms with E-state index in [0.717, 1.165) is 18.5 Å². The number of nitrogens with zero attached hydrogens (tertiary/aromatic N) is 1. The van der Waals surface area contributed by atoms with E-state index in [0.29, 0.717) is 40.4 Å². The largest absolute Gasteiger partial charge is 0.504 e. The molecule has 0 amide bonds. The molecular formula is C23H21N3O4. The molecule has 0 saturated heterocycles. The maximum absolute atomic E-state index is 13.5. The number of ether oxygens (including phenoxy) is 1. The van der Waals surface area contributed by atoms with Gasteiger partial charge in [0.05, 0.1) is 18.4 Å². The molecule has 30 heavy (non-hydrogen) atoms. The molecule has 1 atom stereocenters. The van der Waals surface area contributed by atoms with Gasteiger partial charge < -0.3 is 15.2 Å². The first-order chi connectivity index (χ1) is 14.6. The van der Waals surface area contributed by atoms with E-state index in [1.807, 2.05) is 30.3 Å². The standard InChI is InChI=1S/C23H21N3O4/c1-30-18-11-10-13(12-17(18)28)19-20-15(8-5-9-16(20)27)24-22-21(19)23(29)26(25-22)14-6-3-2-4-7-14/h2-4,6-7,10-12,19,24-25,28H,5,8-9H2,1H3/t19-/m0/s1. The predicted molar refractivity (Wildman–Crippen MR) is 112 cm³/mol. The summed E-state index contributed by atoms with van der Waals surface area (Å²) < 4.78 is 6.64. The Bertz CT molecular complexity index is 1240. The molecule has 0 saturated carbocycles. The number of nitrogens with one attached hydrogen (secondary N) is 2. The van der Waals surface area contributed by atoms with Crippen molar-refractivity contribution >= 4 is 11.6 Å². The summed E-state index contributed by atoms with van der Waals surface area (Å²) >= 11 is 0. The molecule has 0 spiro atoms. The molecule has 0 radical (unpaired) electrons. The van der Waals surface area contributed by atoms with E-state index in [4.69, 9.17) is 4.74 Å². The number of carbonyl (C=O) groups excluding carboxylic acids is 1. The number of phenolic OH excluding ortho intramolecular Hbond substituents is 1. The first-order valence-electron chi connectivity index (χ1n) is 9.89. The number of aromatic hydroxyl groups is 1. The number of hydrogen-bond acceptors (Lipinski definition) is 5. The van der Waals surface area contributed by atoms with Crippen LogP contribution in [0.25, 0.3) is 5.69 Å². The fourth-order valence-corrected chi connectivity index (χ4v) is 4.42. The normalized spacial score (nSPS) is 17.9. The van der Waals surface area contributed by atoms with Crippen molar-refractivity contribution in [3.8, 4) is 17.2 Å². The molecule has 1 aliphatic heterocycles. The highest BCUT2D eigenvalue weighted by Crippen LogP contribution is 2.45. The number of anilines is 1. The number of aromatic amines is 1. The summed E-state index contributed by atoms with van der Waals surface area (Å²) in [4.78, 5) is 26.4. The van der Waals surface area contributed by atoms with Gasteiger partial charge in [0.1, 0.15) is 5.82 Å². The molecule has 152 valence electrons. The molecule has 1 aliphatic carbocycles. The maximum atomic E-state index is 13.5. The molecular weight excluding hydrogens is 382 g/mol. The van der Waals surface area contributed by atoms with Crippen molar-refractivity contribution < 1.29 is 14.6 Å². The van der Waals surface area contributed by atoms with Crippen LogP contribution in [0.5, 0.6) is 11.5 Å². The van der Waals surface area contributed by atoms with Gasteiger partial charge in [0, 0.05) is 23.6 Å². The SMILES string of the molecule is COc1ccc([C@H]2C3=C(CCCC3=O)Nc3[nH]n(-c4ccccc4)c(=O)c32)cc1O. The van der Waals surface area contributed by atoms with Crippen LogP contribution in [-0.4, -0.2) is 27.8 Å². The van der Waals surface area contributed by atoms with Crippen LogP contribution in [0, 0.1) is 0 Å². The Kier molecular flexibility index (Phi) is 4.24. The average molecular weight is 403 g/mol. The predicted octanol–water partition coefficient (Wildman–Crippen LogP) is 3.44. The van der Waals surface area contributed by atoms with E-state index in [9.17, 15) is 14.7 Å². The fraction of sp³-hybridized carbons (Fsp3) is 0.217. The topological polar surface area (TPSA) is 96.4 Å². The molecule has 0 unspecified atom stereocenters. The van der Waals surface area contributed by atoms with Crippen LogP contribution in [0.2, 0.25) is 0 Å². The van der Waals surface area contributed by atoms with Gasteiger partial charge in [0.2, 0.25) is 0 Å². The van der Waals surface area contributed by atoms with Crippen molar-refractivity contribution in [2.45, 2.75) is 25.2 Å². The van der Waals surface area contributed by atoms with Crippen LogP contribution in [0.4, 0.5) is 5.82 Å². The number of ketones is 1. The molecule has 1 aromatic heterocycles. The third-order valence-electron chi connectivity index (χ3n) is 5.79. The monoisotopic (exact) mass is 403 g/mol. The highest BCUT2D eigenvalue weighted by atomic mass is 16.5. The zero-order valence-corrected chi connectivity index (χ0v) is 16.4. The molecule has 2 heterocycles. The Hall–Kier alpha value is -3.74. The number of allylic oxidation sites excluding steroid dienone is 2. The molecule has 0 fully saturated rings. The number of Topliss-reactive ketones (excluding diaryl/α,β-unsaturated/α-hetero) is 1. The van der Waals surface area contributed by atoms with Crippen molar-refractivity contribution in [3.05, 3.63) is 81.3 Å². The van der Waals surface area contributed by atoms with Gasteiger partial charge >= 0.3 is 0 Å². The van der Waals surface area contributed by atoms with E-state index in [-0.39, 0.29) is 17.1 Å². The van der Waals surface area contributed by atoms with Gasteiger partial charge in [-0.1, -0.05) is 24.3 Å². The maximum Gasteiger partial charge on any atom is 0.277 e. The lowest BCUT2D eigenvalue weighted by Crippen LogP contribution is -2.29. The molecule has 7 nitrogen and oxygen atoms in total. The number of benzene rings is 2. The van der Waals surface area contributed by atoms with Gasteiger partial charge in [-0.2, -0.15) is 0 Å². The minimum Gasteiger partial charge on any atom is -0.504 e. The summed E-state index contributed by atoms with van der Waals surface area (Å²) in [5, 5.41) is 16.8. The van der Waals surface area contributed by atoms with Crippen molar-refractivity contribution in [2.75, 3.05) is 12.4 Å². The van der Waals surface area contributed by atoms with Gasteiger partial charge in [-0.25, -0.2) is 4.68 Å². The lowest BCUT2D eigenvalue weighted by atomic mass is 9.77. The second kappa shape index (κ2) is 6.95. The summed E-state index contributed by atoms with van der Waals surface area (Å²) in [6, 6.07) is 14.3. The molecule has 2 aliphatic rings. The number of carbonyl (C=O) groups is 1. The zero-order chi connectivity index (χ0) is 20.8. The van der Waals surface area contributed by atoms with Gasteiger partial charge in [0.25, 0.3) is 5.56 Å². The van der Waals surface area contributed by atoms with Crippen molar-refractivity contribution in [1.29, 1.82) is 0 Å². The number of aromatic nitrogens is 2. The zero-order valence-electron chi connectivity index (χ0n) is 16.4. The second-order valence-electron chi connectivity index (χ2n) is 7.53. The molecule has 3 aromatic rings. The second-order valence-corrected chi connectivity index (χ2v) is 7.53. The summed E-state index contributed by atoms with van der Waals surface area (Å²) in [6.45, 7) is 0. The first kappa shape index (κ1) is 18.3. The van der Waals surface area contributed by atoms with Crippen LogP contribution in [0.1, 0.15) is 36.3 Å². The molecule has 7 heteroatoms. The minimum absolute atomic E-state index is 0.0283. The minimum atomic E-state index is -0.561. The Balaban J connectivity index is 1.74. The van der Waals surface area contributed by atoms with Crippen LogP contribution in [-0.2, 0) is 4.79 Å². The van der Waals surface area contributed by atoms with Gasteiger partial charge in [0.15, 0.2) is 17.3 Å². The van der Waals surface area contributed by atoms with Gasteiger partial charge in [-0.3, -0.25) is 14.7 Å². The number of phenols is 1. The molecule has 3 N–H and O–H groups in total. The van der Waals surface area contributed by atoms with Crippen LogP contribution in [0.15, 0.2) is 64.6 Å². The molecule has 2 aromatic carbocycles. The van der Waals surface area contributed by atoms with Crippen molar-refractivity contribution in [3.63, 3.8) is 0 Å². The summed E-state index contributed by atoms with van der Waals surface area (Å²) in [7, 11) is 1.48. The van der Waals surface area contributed by atoms with Crippen LogP contribution >= 0.6 is 0 Å². The Morgan fingerprint density at radius 1 is 1.10 bits per heavy atom. The smallest absolute Gasteiger partial charge is 0.277 e. The Morgan fingerprint density at radius 2 is 1.90 bits per heavy atom. The number of methoxy groups -OCH3 is 1. The fourth-order valence-electron chi connectivity index (χ4n) is 4.42. The third-order valence-corrected chi connectivity index (χ3v) is 5.79. The van der Waals surface area contributed by atoms with Crippen molar-refractivity contribution in [2.24, 2.45) is 0 Å². The number of hydrogen-bond donors (Lipinski definition) is 3. The average Bonchev–Trinajstić information content (AvgIpc) is 3.09. The molecule has 5 rings (SSSR count). The third kappa shape index (κ3) is 2.74. The van der Waals surface area contributed by atoms with E-state index in [1.54, 1.807) is 18.2 Å². The Morgan fingerprint density at radius 3 is 2.63 bits per heavy atom. The number of fused-ring (bicyclic) bond motifs is 1. The summed E-state index contributed by atoms with van der Waals surface area (Å²) in [5.41, 5.74) is 3.07. The summed E-state index contributed by atoms with van der Waals surface area (Å²) in [5.74, 6) is 0.362. The molecule has 0 bridgehead atoms. The number of H-pyrrole nitrogens is 1. The van der Waals surface area contributed by atoms with E-state index >= 15 is 0 Å². The van der Waals surface area contributed by atoms with Gasteiger partial charge in [-0.05, 0) is 42.7 Å². The first-order valence-corrected chi connectivity index (χ1v) is 9.89. The van der Waals surface area contributed by atoms with Crippen LogP contribution < -0.4 is 15.6 Å². The number of para-hydroxylation sites is 1. The van der Waals surface area contributed by atoms with E-state index in [2.05, 4.69) is 10.4 Å². The lowest BCUT2D eigenvalue weighted by Gasteiger charge is -2.31. The highest BCUT2D eigenvalue weighted by molar-refractivity contribution is 6.01. The lowest BCUT2D eigenvalue weighted by molar-refractivity contribution is -0.116. The van der Waals surface area contributed by atoms with Gasteiger partial charge in [-0.15, -0.1) is 0 Å². The van der Waals surface area contributed by atoms with E-state index in [1.165, 1.54) is 11.8 Å². The highest BCUT2D eigenvalue weighted by Gasteiger charge is 2.39. The van der Waals surface area contributed by atoms with Crippen molar-refractivity contribution in [1.82, 2.24) is 9.78 Å². The van der Waals surface area contributed by atoms with E-state index < -0.39 is 5.92 Å². The van der Waals surface area contributed by atoms with Crippen LogP contribution in [0.3, 0.4) is 0 Å². The summed E-state index contributed by atoms with van der Waals surface area (Å²) in [6.07, 6.45) is 1.95.